The van der Waals surface area contributed by atoms with Crippen LogP contribution in [0.5, 0.6) is 0 Å². The number of quaternary nitrogens is 1. The van der Waals surface area contributed by atoms with E-state index in [1.165, 1.54) is 96.3 Å². The smallest absolute Gasteiger partial charge is 0.306 e. The zero-order valence-electron chi connectivity index (χ0n) is 32.6. The summed E-state index contributed by atoms with van der Waals surface area (Å²) in [5.41, 5.74) is 0. The Labute approximate surface area is 301 Å². The number of carboxylic acid groups (broad SMARTS) is 1. The van der Waals surface area contributed by atoms with Crippen LogP contribution in [-0.2, 0) is 28.6 Å². The van der Waals surface area contributed by atoms with Gasteiger partial charge in [0, 0.05) is 19.3 Å². The quantitative estimate of drug-likeness (QED) is 0.0279. The number of hydrogen-bond donors (Lipinski definition) is 0. The second-order valence-electron chi connectivity index (χ2n) is 14.9. The van der Waals surface area contributed by atoms with Gasteiger partial charge in [-0.2, -0.15) is 0 Å². The zero-order valence-corrected chi connectivity index (χ0v) is 32.6. The average Bonchev–Trinajstić information content (AvgIpc) is 3.05. The van der Waals surface area contributed by atoms with Crippen LogP contribution in [-0.4, -0.2) is 75.5 Å². The van der Waals surface area contributed by atoms with Gasteiger partial charge < -0.3 is 28.6 Å². The van der Waals surface area contributed by atoms with Gasteiger partial charge in [-0.1, -0.05) is 135 Å². The number of carboxylic acids is 1. The first-order valence-corrected chi connectivity index (χ1v) is 20.2. The molecule has 0 aromatic rings. The molecule has 0 amide bonds. The van der Waals surface area contributed by atoms with Gasteiger partial charge in [0.05, 0.1) is 40.3 Å². The number of carbonyl (C=O) groups is 3. The van der Waals surface area contributed by atoms with Gasteiger partial charge in [-0.3, -0.25) is 9.59 Å². The summed E-state index contributed by atoms with van der Waals surface area (Å²) in [6, 6.07) is -0.721. The van der Waals surface area contributed by atoms with E-state index in [1.807, 2.05) is 0 Å². The highest BCUT2D eigenvalue weighted by Gasteiger charge is 2.25. The van der Waals surface area contributed by atoms with E-state index in [0.29, 0.717) is 12.8 Å². The Morgan fingerprint density at radius 1 is 0.592 bits per heavy atom. The first-order chi connectivity index (χ1) is 23.6. The van der Waals surface area contributed by atoms with E-state index >= 15 is 0 Å². The lowest BCUT2D eigenvalue weighted by atomic mass is 10.0. The lowest BCUT2D eigenvalue weighted by Gasteiger charge is -2.34. The molecule has 0 spiro atoms. The summed E-state index contributed by atoms with van der Waals surface area (Å²) in [6.45, 7) is 4.63. The maximum absolute atomic E-state index is 12.6. The number of likely N-dealkylation sites (N-methyl/N-ethyl adjacent to an activating group) is 1. The molecular weight excluding hydrogens is 618 g/mol. The molecule has 0 rings (SSSR count). The molecule has 8 nitrogen and oxygen atoms in total. The molecule has 0 heterocycles. The summed E-state index contributed by atoms with van der Waals surface area (Å²) >= 11 is 0. The molecule has 0 fully saturated rings. The molecular formula is C41H77NO7. The van der Waals surface area contributed by atoms with Crippen molar-refractivity contribution in [2.24, 2.45) is 0 Å². The minimum atomic E-state index is -1.12. The van der Waals surface area contributed by atoms with Crippen LogP contribution in [0, 0.1) is 0 Å². The van der Waals surface area contributed by atoms with E-state index in [9.17, 15) is 19.5 Å². The van der Waals surface area contributed by atoms with Gasteiger partial charge in [0.25, 0.3) is 0 Å². The van der Waals surface area contributed by atoms with Crippen molar-refractivity contribution < 1.29 is 38.2 Å². The topological polar surface area (TPSA) is 102 Å². The van der Waals surface area contributed by atoms with E-state index in [1.54, 1.807) is 21.1 Å². The highest BCUT2D eigenvalue weighted by molar-refractivity contribution is 5.70. The number of ether oxygens (including phenoxy) is 3. The Kier molecular flexibility index (Phi) is 31.9. The molecule has 0 bridgehead atoms. The molecule has 0 saturated carbocycles. The number of esters is 2. The molecule has 0 aliphatic carbocycles. The summed E-state index contributed by atoms with van der Waals surface area (Å²) in [4.78, 5) is 36.7. The van der Waals surface area contributed by atoms with Gasteiger partial charge in [-0.25, -0.2) is 0 Å². The summed E-state index contributed by atoms with van der Waals surface area (Å²) in [5, 5.41) is 11.6. The number of carbonyl (C=O) groups excluding carboxylic acids is 3. The van der Waals surface area contributed by atoms with Crippen LogP contribution in [0.15, 0.2) is 12.2 Å². The monoisotopic (exact) mass is 696 g/mol. The standard InChI is InChI=1S/C41H77NO7/c1-6-8-10-12-14-16-18-20-22-23-25-27-29-31-39(43)48-36-37(35-47-34-33-38(41(45)46)42(3,4)5)49-40(44)32-30-28-26-24-21-19-17-15-13-11-9-7-2/h15,17,37-38H,6-14,16,18-36H2,1-5H3/b17-15-. The van der Waals surface area contributed by atoms with E-state index in [-0.39, 0.29) is 42.7 Å². The Bertz CT molecular complexity index is 823. The molecule has 0 N–H and O–H groups in total. The summed E-state index contributed by atoms with van der Waals surface area (Å²) in [6.07, 6.45) is 32.3. The van der Waals surface area contributed by atoms with Crippen molar-refractivity contribution in [2.75, 3.05) is 41.0 Å². The molecule has 8 heteroatoms. The van der Waals surface area contributed by atoms with Crippen molar-refractivity contribution in [3.8, 4) is 0 Å². The summed E-state index contributed by atoms with van der Waals surface area (Å²) in [7, 11) is 5.40. The Hall–Kier alpha value is -1.93. The normalized spacial score (nSPS) is 13.1. The number of nitrogens with zero attached hydrogens (tertiary/aromatic N) is 1. The molecule has 0 aliphatic heterocycles. The number of allylic oxidation sites excluding steroid dienone is 2. The predicted molar refractivity (Wildman–Crippen MR) is 199 cm³/mol. The fourth-order valence-corrected chi connectivity index (χ4v) is 5.95. The maximum Gasteiger partial charge on any atom is 0.306 e. The number of hydrogen-bond acceptors (Lipinski definition) is 7. The first-order valence-electron chi connectivity index (χ1n) is 20.2. The molecule has 49 heavy (non-hydrogen) atoms. The third-order valence-corrected chi connectivity index (χ3v) is 9.15. The van der Waals surface area contributed by atoms with Crippen LogP contribution < -0.4 is 5.11 Å². The number of rotatable bonds is 36. The average molecular weight is 696 g/mol. The first kappa shape index (κ1) is 47.1. The van der Waals surface area contributed by atoms with Gasteiger partial charge in [0.2, 0.25) is 0 Å². The molecule has 0 aliphatic rings. The molecule has 0 saturated heterocycles. The lowest BCUT2D eigenvalue weighted by molar-refractivity contribution is -0.889. The number of unbranched alkanes of at least 4 members (excludes halogenated alkanes) is 20. The fraction of sp³-hybridized carbons (Fsp3) is 0.878. The Morgan fingerprint density at radius 3 is 1.51 bits per heavy atom. The minimum absolute atomic E-state index is 0.0423. The molecule has 288 valence electrons. The molecule has 0 radical (unpaired) electrons. The summed E-state index contributed by atoms with van der Waals surface area (Å²) < 4.78 is 17.1. The van der Waals surface area contributed by atoms with Crippen LogP contribution in [0.2, 0.25) is 0 Å². The van der Waals surface area contributed by atoms with Crippen molar-refractivity contribution in [3.63, 3.8) is 0 Å². The van der Waals surface area contributed by atoms with E-state index in [0.717, 1.165) is 51.4 Å². The molecule has 0 aromatic carbocycles. The zero-order chi connectivity index (χ0) is 36.4. The van der Waals surface area contributed by atoms with Crippen molar-refractivity contribution in [3.05, 3.63) is 12.2 Å². The second kappa shape index (κ2) is 33.2. The lowest BCUT2D eigenvalue weighted by Crippen LogP contribution is -2.55. The van der Waals surface area contributed by atoms with Gasteiger partial charge in [0.1, 0.15) is 12.6 Å². The van der Waals surface area contributed by atoms with Gasteiger partial charge in [-0.15, -0.1) is 0 Å². The predicted octanol–water partition coefficient (Wildman–Crippen LogP) is 9.02. The summed E-state index contributed by atoms with van der Waals surface area (Å²) in [5.74, 6) is -1.74. The molecule has 2 unspecified atom stereocenters. The highest BCUT2D eigenvalue weighted by Crippen LogP contribution is 2.14. The van der Waals surface area contributed by atoms with E-state index in [2.05, 4.69) is 26.0 Å². The van der Waals surface area contributed by atoms with Crippen LogP contribution in [0.25, 0.3) is 0 Å². The Balaban J connectivity index is 4.39. The minimum Gasteiger partial charge on any atom is -0.544 e. The van der Waals surface area contributed by atoms with Crippen molar-refractivity contribution in [1.29, 1.82) is 0 Å². The molecule has 0 aromatic heterocycles. The van der Waals surface area contributed by atoms with Crippen molar-refractivity contribution >= 4 is 17.9 Å². The van der Waals surface area contributed by atoms with E-state index < -0.39 is 18.1 Å². The van der Waals surface area contributed by atoms with Gasteiger partial charge in [0.15, 0.2) is 6.10 Å². The van der Waals surface area contributed by atoms with E-state index in [4.69, 9.17) is 14.2 Å². The third kappa shape index (κ3) is 31.8. The Morgan fingerprint density at radius 2 is 1.02 bits per heavy atom. The van der Waals surface area contributed by atoms with Crippen LogP contribution in [0.4, 0.5) is 0 Å². The highest BCUT2D eigenvalue weighted by atomic mass is 16.6. The van der Waals surface area contributed by atoms with Crippen LogP contribution in [0.3, 0.4) is 0 Å². The second-order valence-corrected chi connectivity index (χ2v) is 14.9. The van der Waals surface area contributed by atoms with Gasteiger partial charge >= 0.3 is 11.9 Å². The number of aliphatic carboxylic acids is 1. The molecule has 2 atom stereocenters. The largest absolute Gasteiger partial charge is 0.544 e. The fourth-order valence-electron chi connectivity index (χ4n) is 5.95. The van der Waals surface area contributed by atoms with Crippen LogP contribution in [0.1, 0.15) is 181 Å². The maximum atomic E-state index is 12.6. The third-order valence-electron chi connectivity index (χ3n) is 9.15. The van der Waals surface area contributed by atoms with Gasteiger partial charge in [-0.05, 0) is 38.5 Å². The van der Waals surface area contributed by atoms with Crippen molar-refractivity contribution in [1.82, 2.24) is 0 Å². The van der Waals surface area contributed by atoms with Crippen LogP contribution >= 0.6 is 0 Å². The van der Waals surface area contributed by atoms with Crippen molar-refractivity contribution in [2.45, 2.75) is 193 Å². The SMILES string of the molecule is CCCCC/C=C\CCCCCCCC(=O)OC(COCCC(C(=O)[O-])[N+](C)(C)C)COC(=O)CCCCCCCCCCCCCCC.